The van der Waals surface area contributed by atoms with Gasteiger partial charge in [0, 0.05) is 23.2 Å². The molecule has 0 aromatic heterocycles. The van der Waals surface area contributed by atoms with Crippen molar-refractivity contribution in [3.05, 3.63) is 28.2 Å². The van der Waals surface area contributed by atoms with Crippen LogP contribution >= 0.6 is 15.9 Å². The summed E-state index contributed by atoms with van der Waals surface area (Å²) in [5, 5.41) is 9.20. The lowest BCUT2D eigenvalue weighted by atomic mass is 9.74. The van der Waals surface area contributed by atoms with Crippen LogP contribution in [-0.2, 0) is 0 Å². The molecule has 0 radical (unpaired) electrons. The molecular weight excluding hydrogens is 288 g/mol. The molecule has 18 heavy (non-hydrogen) atoms. The molecule has 0 spiro atoms. The molecule has 96 valence electrons. The topological polar surface area (TPSA) is 27.0 Å². The first-order valence-corrected chi connectivity index (χ1v) is 7.14. The minimum absolute atomic E-state index is 0.0620. The third kappa shape index (κ3) is 2.54. The highest BCUT2D eigenvalue weighted by Gasteiger charge is 2.36. The van der Waals surface area contributed by atoms with Crippen LogP contribution < -0.4 is 4.90 Å². The molecule has 1 atom stereocenters. The van der Waals surface area contributed by atoms with Gasteiger partial charge in [0.05, 0.1) is 12.0 Å². The minimum Gasteiger partial charge on any atom is -0.371 e. The van der Waals surface area contributed by atoms with Gasteiger partial charge in [0.15, 0.2) is 0 Å². The molecule has 2 rings (SSSR count). The average molecular weight is 307 g/mol. The predicted molar refractivity (Wildman–Crippen MR) is 78.6 cm³/mol. The molecule has 1 saturated heterocycles. The van der Waals surface area contributed by atoms with Crippen LogP contribution in [-0.4, -0.2) is 13.1 Å². The van der Waals surface area contributed by atoms with Gasteiger partial charge in [0.2, 0.25) is 0 Å². The first-order chi connectivity index (χ1) is 8.44. The Morgan fingerprint density at radius 2 is 2.17 bits per heavy atom. The molecule has 0 aliphatic carbocycles. The number of hydrogen-bond donors (Lipinski definition) is 0. The second-order valence-corrected chi connectivity index (χ2v) is 6.73. The lowest BCUT2D eigenvalue weighted by Crippen LogP contribution is -2.45. The number of benzene rings is 1. The number of nitrogens with zero attached hydrogens (tertiary/aromatic N) is 2. The van der Waals surface area contributed by atoms with E-state index in [1.54, 1.807) is 0 Å². The summed E-state index contributed by atoms with van der Waals surface area (Å²) in [6.07, 6.45) is 0.957. The van der Waals surface area contributed by atoms with Gasteiger partial charge >= 0.3 is 0 Å². The van der Waals surface area contributed by atoms with E-state index in [0.717, 1.165) is 24.0 Å². The second kappa shape index (κ2) is 4.93. The summed E-state index contributed by atoms with van der Waals surface area (Å²) in [6, 6.07) is 8.87. The van der Waals surface area contributed by atoms with E-state index in [4.69, 9.17) is 0 Å². The number of anilines is 1. The second-order valence-electron chi connectivity index (χ2n) is 5.81. The zero-order valence-electron chi connectivity index (χ0n) is 11.2. The van der Waals surface area contributed by atoms with Crippen molar-refractivity contribution in [2.75, 3.05) is 18.0 Å². The lowest BCUT2D eigenvalue weighted by Gasteiger charge is -2.43. The zero-order valence-corrected chi connectivity index (χ0v) is 12.8. The van der Waals surface area contributed by atoms with E-state index in [-0.39, 0.29) is 11.3 Å². The highest BCUT2D eigenvalue weighted by molar-refractivity contribution is 9.10. The molecule has 1 heterocycles. The van der Waals surface area contributed by atoms with Crippen LogP contribution in [0, 0.1) is 29.6 Å². The van der Waals surface area contributed by atoms with Crippen molar-refractivity contribution < 1.29 is 0 Å². The van der Waals surface area contributed by atoms with Crippen molar-refractivity contribution in [3.63, 3.8) is 0 Å². The number of nitriles is 1. The van der Waals surface area contributed by atoms with Crippen LogP contribution in [0.5, 0.6) is 0 Å². The van der Waals surface area contributed by atoms with Crippen LogP contribution in [0.3, 0.4) is 0 Å². The quantitative estimate of drug-likeness (QED) is 0.780. The van der Waals surface area contributed by atoms with Gasteiger partial charge < -0.3 is 4.90 Å². The van der Waals surface area contributed by atoms with Crippen molar-refractivity contribution >= 4 is 21.6 Å². The van der Waals surface area contributed by atoms with Crippen LogP contribution in [0.1, 0.15) is 25.8 Å². The normalized spacial score (nSPS) is 22.6. The van der Waals surface area contributed by atoms with Crippen molar-refractivity contribution in [2.24, 2.45) is 11.3 Å². The Balaban J connectivity index is 2.24. The van der Waals surface area contributed by atoms with Crippen LogP contribution in [0.15, 0.2) is 22.7 Å². The first kappa shape index (κ1) is 13.4. The van der Waals surface area contributed by atoms with Crippen molar-refractivity contribution in [1.82, 2.24) is 0 Å². The predicted octanol–water partition coefficient (Wildman–Crippen LogP) is 4.13. The molecule has 1 aromatic carbocycles. The summed E-state index contributed by atoms with van der Waals surface area (Å²) in [7, 11) is 0. The molecular formula is C15H19BrN2. The molecule has 2 nitrogen and oxygen atoms in total. The molecule has 1 aromatic rings. The number of halogens is 1. The van der Waals surface area contributed by atoms with Crippen molar-refractivity contribution in [2.45, 2.75) is 27.2 Å². The van der Waals surface area contributed by atoms with Gasteiger partial charge in [-0.3, -0.25) is 0 Å². The Labute approximate surface area is 118 Å². The van der Waals surface area contributed by atoms with E-state index < -0.39 is 0 Å². The minimum atomic E-state index is 0.0620. The van der Waals surface area contributed by atoms with Crippen LogP contribution in [0.4, 0.5) is 5.69 Å². The fourth-order valence-electron chi connectivity index (χ4n) is 2.78. The van der Waals surface area contributed by atoms with E-state index in [1.165, 1.54) is 11.3 Å². The number of hydrogen-bond acceptors (Lipinski definition) is 2. The summed E-state index contributed by atoms with van der Waals surface area (Å²) in [5.41, 5.74) is 2.64. The fourth-order valence-corrected chi connectivity index (χ4v) is 3.25. The standard InChI is InChI=1S/C15H19BrN2/c1-11-8-13(16)4-5-14(11)18-7-6-12(9-17)15(2,3)10-18/h4-5,8,12H,6-7,10H2,1-3H3. The molecule has 0 bridgehead atoms. The van der Waals surface area contributed by atoms with E-state index in [9.17, 15) is 5.26 Å². The first-order valence-electron chi connectivity index (χ1n) is 6.35. The van der Waals surface area contributed by atoms with E-state index in [1.807, 2.05) is 0 Å². The molecule has 1 aliphatic heterocycles. The van der Waals surface area contributed by atoms with Gasteiger partial charge in [0.25, 0.3) is 0 Å². The Morgan fingerprint density at radius 1 is 1.44 bits per heavy atom. The summed E-state index contributed by atoms with van der Waals surface area (Å²) in [5.74, 6) is 0.171. The highest BCUT2D eigenvalue weighted by Crippen LogP contribution is 2.37. The fraction of sp³-hybridized carbons (Fsp3) is 0.533. The van der Waals surface area contributed by atoms with Crippen LogP contribution in [0.2, 0.25) is 0 Å². The third-order valence-corrected chi connectivity index (χ3v) is 4.38. The average Bonchev–Trinajstić information content (AvgIpc) is 2.27. The number of rotatable bonds is 1. The van der Waals surface area contributed by atoms with Crippen molar-refractivity contribution in [3.8, 4) is 6.07 Å². The molecule has 1 fully saturated rings. The molecule has 1 unspecified atom stereocenters. The van der Waals surface area contributed by atoms with E-state index >= 15 is 0 Å². The monoisotopic (exact) mass is 306 g/mol. The number of piperidine rings is 1. The van der Waals surface area contributed by atoms with Gasteiger partial charge in [-0.15, -0.1) is 0 Å². The molecule has 0 saturated carbocycles. The summed E-state index contributed by atoms with van der Waals surface area (Å²) < 4.78 is 1.12. The third-order valence-electron chi connectivity index (χ3n) is 3.88. The summed E-state index contributed by atoms with van der Waals surface area (Å²) in [6.45, 7) is 8.46. The Kier molecular flexibility index (Phi) is 3.68. The van der Waals surface area contributed by atoms with Gasteiger partial charge in [-0.05, 0) is 42.5 Å². The SMILES string of the molecule is Cc1cc(Br)ccc1N1CCC(C#N)C(C)(C)C1. The van der Waals surface area contributed by atoms with Gasteiger partial charge in [-0.2, -0.15) is 5.26 Å². The van der Waals surface area contributed by atoms with Gasteiger partial charge in [-0.25, -0.2) is 0 Å². The maximum absolute atomic E-state index is 9.20. The molecule has 0 amide bonds. The molecule has 3 heteroatoms. The highest BCUT2D eigenvalue weighted by atomic mass is 79.9. The van der Waals surface area contributed by atoms with E-state index in [0.29, 0.717) is 0 Å². The van der Waals surface area contributed by atoms with Crippen LogP contribution in [0.25, 0.3) is 0 Å². The lowest BCUT2D eigenvalue weighted by molar-refractivity contribution is 0.226. The van der Waals surface area contributed by atoms with Gasteiger partial charge in [0.1, 0.15) is 0 Å². The summed E-state index contributed by atoms with van der Waals surface area (Å²) in [4.78, 5) is 2.41. The zero-order chi connectivity index (χ0) is 13.3. The van der Waals surface area contributed by atoms with E-state index in [2.05, 4.69) is 65.9 Å². The Morgan fingerprint density at radius 3 is 2.72 bits per heavy atom. The van der Waals surface area contributed by atoms with Gasteiger partial charge in [-0.1, -0.05) is 29.8 Å². The number of aryl methyl sites for hydroxylation is 1. The largest absolute Gasteiger partial charge is 0.371 e. The molecule has 0 N–H and O–H groups in total. The Bertz CT molecular complexity index is 488. The maximum Gasteiger partial charge on any atom is 0.0662 e. The summed E-state index contributed by atoms with van der Waals surface area (Å²) >= 11 is 3.50. The maximum atomic E-state index is 9.20. The Hall–Kier alpha value is -1.01. The molecule has 1 aliphatic rings. The van der Waals surface area contributed by atoms with Crippen molar-refractivity contribution in [1.29, 1.82) is 5.26 Å². The smallest absolute Gasteiger partial charge is 0.0662 e.